The zero-order valence-corrected chi connectivity index (χ0v) is 15.8. The van der Waals surface area contributed by atoms with Gasteiger partial charge in [0.2, 0.25) is 5.78 Å². The maximum absolute atomic E-state index is 12.7. The Labute approximate surface area is 161 Å². The molecular weight excluding hydrogens is 360 g/mol. The van der Waals surface area contributed by atoms with Crippen LogP contribution in [0.1, 0.15) is 26.4 Å². The Hall–Kier alpha value is -3.05. The van der Waals surface area contributed by atoms with Crippen LogP contribution < -0.4 is 14.2 Å². The number of Topliss-reactive ketones (excluding diaryl/α,β-unsaturated/α-hetero) is 1. The van der Waals surface area contributed by atoms with Crippen molar-refractivity contribution in [2.45, 2.75) is 13.5 Å². The van der Waals surface area contributed by atoms with Crippen LogP contribution in [-0.2, 0) is 6.61 Å². The van der Waals surface area contributed by atoms with E-state index in [4.69, 9.17) is 14.2 Å². The fourth-order valence-corrected chi connectivity index (χ4v) is 3.64. The number of carbonyl (C=O) groups excluding carboxylic acids is 1. The maximum Gasteiger partial charge on any atom is 0.232 e. The molecule has 0 bridgehead atoms. The molecule has 27 heavy (non-hydrogen) atoms. The molecule has 0 atom stereocenters. The number of fused-ring (bicyclic) bond motifs is 1. The van der Waals surface area contributed by atoms with Crippen LogP contribution >= 0.6 is 11.3 Å². The molecule has 1 aliphatic heterocycles. The molecule has 2 heterocycles. The van der Waals surface area contributed by atoms with Crippen LogP contribution in [0, 0.1) is 6.92 Å². The summed E-state index contributed by atoms with van der Waals surface area (Å²) in [5.74, 6) is 2.26. The Bertz CT molecular complexity index is 1020. The number of ketones is 1. The third-order valence-electron chi connectivity index (χ3n) is 4.30. The number of thiophene rings is 1. The monoisotopic (exact) mass is 378 g/mol. The van der Waals surface area contributed by atoms with Gasteiger partial charge in [0.25, 0.3) is 0 Å². The van der Waals surface area contributed by atoms with Gasteiger partial charge in [0.15, 0.2) is 5.76 Å². The van der Waals surface area contributed by atoms with Gasteiger partial charge in [-0.2, -0.15) is 0 Å². The van der Waals surface area contributed by atoms with E-state index in [1.807, 2.05) is 54.8 Å². The zero-order chi connectivity index (χ0) is 18.8. The first-order valence-corrected chi connectivity index (χ1v) is 9.40. The molecule has 0 spiro atoms. The van der Waals surface area contributed by atoms with E-state index in [1.54, 1.807) is 30.6 Å². The zero-order valence-electron chi connectivity index (χ0n) is 15.0. The fraction of sp³-hybridized carbons (Fsp3) is 0.136. The molecule has 3 aromatic rings. The summed E-state index contributed by atoms with van der Waals surface area (Å²) in [5, 5.41) is 1.97. The average molecular weight is 378 g/mol. The number of rotatable bonds is 5. The van der Waals surface area contributed by atoms with E-state index in [2.05, 4.69) is 0 Å². The SMILES string of the molecule is COc1cccc(COc2cc(C)c3c(c2)O/C(=C\c2cccs2)C3=O)c1. The molecule has 0 saturated carbocycles. The largest absolute Gasteiger partial charge is 0.497 e. The normalized spacial score (nSPS) is 14.1. The summed E-state index contributed by atoms with van der Waals surface area (Å²) in [6.45, 7) is 2.30. The minimum atomic E-state index is -0.0877. The molecule has 1 aliphatic rings. The van der Waals surface area contributed by atoms with Gasteiger partial charge in [0.1, 0.15) is 23.9 Å². The van der Waals surface area contributed by atoms with Gasteiger partial charge in [0, 0.05) is 17.0 Å². The highest BCUT2D eigenvalue weighted by Gasteiger charge is 2.30. The number of methoxy groups -OCH3 is 1. The minimum Gasteiger partial charge on any atom is -0.497 e. The first-order chi connectivity index (χ1) is 13.1. The second kappa shape index (κ2) is 7.29. The Balaban J connectivity index is 1.55. The summed E-state index contributed by atoms with van der Waals surface area (Å²) >= 11 is 1.56. The summed E-state index contributed by atoms with van der Waals surface area (Å²) < 4.78 is 17.0. The number of benzene rings is 2. The standard InChI is InChI=1S/C22H18O4S/c1-14-9-17(25-13-15-5-3-6-16(10-15)24-2)11-19-21(14)22(23)20(26-19)12-18-7-4-8-27-18/h3-12H,13H2,1-2H3/b20-12-. The molecule has 0 fully saturated rings. The van der Waals surface area contributed by atoms with E-state index in [0.29, 0.717) is 29.4 Å². The number of carbonyl (C=O) groups is 1. The molecule has 2 aromatic carbocycles. The Morgan fingerprint density at radius 3 is 2.78 bits per heavy atom. The van der Waals surface area contributed by atoms with Crippen molar-refractivity contribution >= 4 is 23.2 Å². The van der Waals surface area contributed by atoms with Crippen LogP contribution in [0.4, 0.5) is 0 Å². The van der Waals surface area contributed by atoms with E-state index in [0.717, 1.165) is 21.8 Å². The number of aryl methyl sites for hydroxylation is 1. The van der Waals surface area contributed by atoms with Crippen LogP contribution in [0.15, 0.2) is 59.7 Å². The lowest BCUT2D eigenvalue weighted by Crippen LogP contribution is -2.00. The molecule has 0 aliphatic carbocycles. The van der Waals surface area contributed by atoms with E-state index in [9.17, 15) is 4.79 Å². The fourth-order valence-electron chi connectivity index (χ4n) is 2.99. The minimum absolute atomic E-state index is 0.0877. The van der Waals surface area contributed by atoms with Crippen molar-refractivity contribution in [2.24, 2.45) is 0 Å². The lowest BCUT2D eigenvalue weighted by atomic mass is 10.0. The highest BCUT2D eigenvalue weighted by Crippen LogP contribution is 2.38. The molecule has 0 amide bonds. The van der Waals surface area contributed by atoms with E-state index < -0.39 is 0 Å². The quantitative estimate of drug-likeness (QED) is 0.568. The van der Waals surface area contributed by atoms with E-state index in [-0.39, 0.29) is 5.78 Å². The van der Waals surface area contributed by atoms with Crippen molar-refractivity contribution in [1.29, 1.82) is 0 Å². The average Bonchev–Trinajstić information content (AvgIpc) is 3.29. The number of hydrogen-bond acceptors (Lipinski definition) is 5. The molecule has 4 rings (SSSR count). The molecule has 0 N–H and O–H groups in total. The van der Waals surface area contributed by atoms with Crippen molar-refractivity contribution < 1.29 is 19.0 Å². The molecule has 4 nitrogen and oxygen atoms in total. The highest BCUT2D eigenvalue weighted by molar-refractivity contribution is 7.10. The third kappa shape index (κ3) is 3.59. The Morgan fingerprint density at radius 1 is 1.11 bits per heavy atom. The maximum atomic E-state index is 12.7. The van der Waals surface area contributed by atoms with E-state index in [1.165, 1.54) is 0 Å². The van der Waals surface area contributed by atoms with Gasteiger partial charge in [-0.3, -0.25) is 4.79 Å². The van der Waals surface area contributed by atoms with Crippen molar-refractivity contribution in [3.8, 4) is 17.2 Å². The van der Waals surface area contributed by atoms with Crippen molar-refractivity contribution in [3.05, 3.63) is 81.2 Å². The van der Waals surface area contributed by atoms with Gasteiger partial charge in [-0.25, -0.2) is 0 Å². The number of hydrogen-bond donors (Lipinski definition) is 0. The molecule has 136 valence electrons. The van der Waals surface area contributed by atoms with Crippen LogP contribution in [0.5, 0.6) is 17.2 Å². The summed E-state index contributed by atoms with van der Waals surface area (Å²) in [6.07, 6.45) is 1.78. The van der Waals surface area contributed by atoms with Gasteiger partial charge in [-0.1, -0.05) is 18.2 Å². The van der Waals surface area contributed by atoms with Gasteiger partial charge in [-0.15, -0.1) is 11.3 Å². The third-order valence-corrected chi connectivity index (χ3v) is 5.12. The second-order valence-electron chi connectivity index (χ2n) is 6.21. The van der Waals surface area contributed by atoms with Crippen LogP contribution in [0.25, 0.3) is 6.08 Å². The summed E-state index contributed by atoms with van der Waals surface area (Å²) in [6, 6.07) is 15.3. The first-order valence-electron chi connectivity index (χ1n) is 8.52. The first kappa shape index (κ1) is 17.4. The summed E-state index contributed by atoms with van der Waals surface area (Å²) in [4.78, 5) is 13.6. The number of ether oxygens (including phenoxy) is 3. The lowest BCUT2D eigenvalue weighted by Gasteiger charge is -2.10. The topological polar surface area (TPSA) is 44.8 Å². The molecule has 0 unspecified atom stereocenters. The van der Waals surface area contributed by atoms with Gasteiger partial charge < -0.3 is 14.2 Å². The number of allylic oxidation sites excluding steroid dienone is 1. The van der Waals surface area contributed by atoms with Gasteiger partial charge >= 0.3 is 0 Å². The highest BCUT2D eigenvalue weighted by atomic mass is 32.1. The predicted molar refractivity (Wildman–Crippen MR) is 106 cm³/mol. The van der Waals surface area contributed by atoms with E-state index >= 15 is 0 Å². The van der Waals surface area contributed by atoms with Crippen LogP contribution in [-0.4, -0.2) is 12.9 Å². The lowest BCUT2D eigenvalue weighted by molar-refractivity contribution is 0.101. The van der Waals surface area contributed by atoms with Crippen LogP contribution in [0.2, 0.25) is 0 Å². The summed E-state index contributed by atoms with van der Waals surface area (Å²) in [5.41, 5.74) is 2.45. The Kier molecular flexibility index (Phi) is 4.69. The van der Waals surface area contributed by atoms with Gasteiger partial charge in [-0.05, 0) is 47.7 Å². The van der Waals surface area contributed by atoms with Crippen molar-refractivity contribution in [2.75, 3.05) is 7.11 Å². The van der Waals surface area contributed by atoms with Gasteiger partial charge in [0.05, 0.1) is 12.7 Å². The molecule has 0 radical (unpaired) electrons. The van der Waals surface area contributed by atoms with Crippen LogP contribution in [0.3, 0.4) is 0 Å². The molecule has 5 heteroatoms. The summed E-state index contributed by atoms with van der Waals surface area (Å²) in [7, 11) is 1.64. The predicted octanol–water partition coefficient (Wildman–Crippen LogP) is 5.26. The van der Waals surface area contributed by atoms with Crippen molar-refractivity contribution in [1.82, 2.24) is 0 Å². The molecule has 1 aromatic heterocycles. The second-order valence-corrected chi connectivity index (χ2v) is 7.19. The molecule has 0 saturated heterocycles. The Morgan fingerprint density at radius 2 is 2.00 bits per heavy atom. The smallest absolute Gasteiger partial charge is 0.232 e. The molecular formula is C22H18O4S. The van der Waals surface area contributed by atoms with Crippen molar-refractivity contribution in [3.63, 3.8) is 0 Å².